The molecule has 0 fully saturated rings. The van der Waals surface area contributed by atoms with E-state index >= 15 is 0 Å². The fourth-order valence-electron chi connectivity index (χ4n) is 1.78. The van der Waals surface area contributed by atoms with Crippen molar-refractivity contribution in [2.45, 2.75) is 38.5 Å². The number of para-hydroxylation sites is 1. The minimum absolute atomic E-state index is 0.256. The van der Waals surface area contributed by atoms with Gasteiger partial charge in [0.2, 0.25) is 0 Å². The van der Waals surface area contributed by atoms with E-state index in [9.17, 15) is 4.79 Å². The Kier molecular flexibility index (Phi) is 7.11. The Hall–Kier alpha value is -2.02. The molecule has 0 amide bonds. The summed E-state index contributed by atoms with van der Waals surface area (Å²) in [6.45, 7) is 0.595. The van der Waals surface area contributed by atoms with Gasteiger partial charge in [0.25, 0.3) is 0 Å². The molecule has 0 atom stereocenters. The Bertz CT molecular complexity index is 437. The van der Waals surface area contributed by atoms with Crippen LogP contribution in [0.1, 0.15) is 44.1 Å². The first-order chi connectivity index (χ1) is 9.24. The molecule has 4 heteroatoms. The molecule has 1 N–H and O–H groups in total. The summed E-state index contributed by atoms with van der Waals surface area (Å²) in [4.78, 5) is 10.3. The van der Waals surface area contributed by atoms with Gasteiger partial charge < -0.3 is 9.84 Å². The lowest BCUT2D eigenvalue weighted by Gasteiger charge is -2.07. The summed E-state index contributed by atoms with van der Waals surface area (Å²) in [6, 6.07) is 9.29. The van der Waals surface area contributed by atoms with Gasteiger partial charge in [-0.05, 0) is 25.0 Å². The first kappa shape index (κ1) is 15.0. The van der Waals surface area contributed by atoms with Gasteiger partial charge in [0.1, 0.15) is 11.8 Å². The number of hydrogen-bond acceptors (Lipinski definition) is 3. The zero-order chi connectivity index (χ0) is 13.9. The third-order valence-electron chi connectivity index (χ3n) is 2.80. The number of benzene rings is 1. The second-order valence-electron chi connectivity index (χ2n) is 4.37. The molecule has 0 spiro atoms. The molecule has 0 heterocycles. The molecular formula is C15H19NO3. The minimum atomic E-state index is -0.726. The van der Waals surface area contributed by atoms with Crippen molar-refractivity contribution < 1.29 is 14.6 Å². The van der Waals surface area contributed by atoms with Gasteiger partial charge >= 0.3 is 5.97 Å². The standard InChI is InChI=1S/C15H19NO3/c16-12-13-8-5-6-9-14(13)19-11-7-3-1-2-4-10-15(17)18/h5-6,8-9H,1-4,7,10-11H2,(H,17,18). The summed E-state index contributed by atoms with van der Waals surface area (Å²) in [7, 11) is 0. The molecular weight excluding hydrogens is 242 g/mol. The maximum atomic E-state index is 10.3. The maximum Gasteiger partial charge on any atom is 0.303 e. The van der Waals surface area contributed by atoms with E-state index in [0.717, 1.165) is 32.1 Å². The van der Waals surface area contributed by atoms with E-state index in [-0.39, 0.29) is 6.42 Å². The monoisotopic (exact) mass is 261 g/mol. The van der Waals surface area contributed by atoms with E-state index in [1.807, 2.05) is 12.1 Å². The molecule has 4 nitrogen and oxygen atoms in total. The van der Waals surface area contributed by atoms with Crippen LogP contribution in [-0.4, -0.2) is 17.7 Å². The average Bonchev–Trinajstić information content (AvgIpc) is 2.42. The van der Waals surface area contributed by atoms with Gasteiger partial charge in [0, 0.05) is 6.42 Å². The second-order valence-corrected chi connectivity index (χ2v) is 4.37. The summed E-state index contributed by atoms with van der Waals surface area (Å²) in [5, 5.41) is 17.4. The highest BCUT2D eigenvalue weighted by molar-refractivity contribution is 5.66. The number of carboxylic acids is 1. The van der Waals surface area contributed by atoms with Crippen molar-refractivity contribution in [1.29, 1.82) is 5.26 Å². The van der Waals surface area contributed by atoms with Gasteiger partial charge in [-0.1, -0.05) is 31.4 Å². The molecule has 0 unspecified atom stereocenters. The van der Waals surface area contributed by atoms with Crippen molar-refractivity contribution in [2.24, 2.45) is 0 Å². The summed E-state index contributed by atoms with van der Waals surface area (Å²) in [5.41, 5.74) is 0.559. The molecule has 0 radical (unpaired) electrons. The van der Waals surface area contributed by atoms with Crippen LogP contribution in [0.2, 0.25) is 0 Å². The quantitative estimate of drug-likeness (QED) is 0.692. The SMILES string of the molecule is N#Cc1ccccc1OCCCCCCCC(=O)O. The highest BCUT2D eigenvalue weighted by Gasteiger charge is 2.01. The van der Waals surface area contributed by atoms with Crippen LogP contribution in [0.4, 0.5) is 0 Å². The highest BCUT2D eigenvalue weighted by atomic mass is 16.5. The average molecular weight is 261 g/mol. The van der Waals surface area contributed by atoms with Crippen LogP contribution in [0.15, 0.2) is 24.3 Å². The summed E-state index contributed by atoms with van der Waals surface area (Å²) >= 11 is 0. The predicted octanol–water partition coefficient (Wildman–Crippen LogP) is 3.36. The number of ether oxygens (including phenoxy) is 1. The number of hydrogen-bond donors (Lipinski definition) is 1. The molecule has 0 aliphatic rings. The Morgan fingerprint density at radius 2 is 1.84 bits per heavy atom. The van der Waals surface area contributed by atoms with Gasteiger partial charge in [-0.3, -0.25) is 4.79 Å². The minimum Gasteiger partial charge on any atom is -0.492 e. The van der Waals surface area contributed by atoms with E-state index in [0.29, 0.717) is 17.9 Å². The molecule has 0 aromatic heterocycles. The predicted molar refractivity (Wildman–Crippen MR) is 72.0 cm³/mol. The van der Waals surface area contributed by atoms with Crippen molar-refractivity contribution in [3.8, 4) is 11.8 Å². The van der Waals surface area contributed by atoms with Crippen LogP contribution in [0, 0.1) is 11.3 Å². The lowest BCUT2D eigenvalue weighted by molar-refractivity contribution is -0.137. The molecule has 1 rings (SSSR count). The van der Waals surface area contributed by atoms with Crippen LogP contribution in [-0.2, 0) is 4.79 Å². The number of nitriles is 1. The van der Waals surface area contributed by atoms with Crippen molar-refractivity contribution >= 4 is 5.97 Å². The molecule has 0 bridgehead atoms. The Balaban J connectivity index is 2.08. The van der Waals surface area contributed by atoms with E-state index in [4.69, 9.17) is 15.1 Å². The Labute approximate surface area is 113 Å². The molecule has 0 aliphatic carbocycles. The smallest absolute Gasteiger partial charge is 0.303 e. The lowest BCUT2D eigenvalue weighted by Crippen LogP contribution is -1.99. The summed E-state index contributed by atoms with van der Waals surface area (Å²) in [5.74, 6) is -0.0904. The van der Waals surface area contributed by atoms with Crippen molar-refractivity contribution in [2.75, 3.05) is 6.61 Å². The summed E-state index contributed by atoms with van der Waals surface area (Å²) < 4.78 is 5.56. The number of aliphatic carboxylic acids is 1. The topological polar surface area (TPSA) is 70.3 Å². The zero-order valence-electron chi connectivity index (χ0n) is 11.0. The second kappa shape index (κ2) is 8.98. The van der Waals surface area contributed by atoms with Crippen LogP contribution < -0.4 is 4.74 Å². The van der Waals surface area contributed by atoms with Gasteiger partial charge in [-0.25, -0.2) is 0 Å². The molecule has 0 saturated heterocycles. The fraction of sp³-hybridized carbons (Fsp3) is 0.467. The fourth-order valence-corrected chi connectivity index (χ4v) is 1.78. The van der Waals surface area contributed by atoms with Crippen LogP contribution >= 0.6 is 0 Å². The largest absolute Gasteiger partial charge is 0.492 e. The number of nitrogens with zero attached hydrogens (tertiary/aromatic N) is 1. The third kappa shape index (κ3) is 6.46. The van der Waals surface area contributed by atoms with Gasteiger partial charge in [-0.15, -0.1) is 0 Å². The molecule has 102 valence electrons. The number of carboxylic acid groups (broad SMARTS) is 1. The van der Waals surface area contributed by atoms with Crippen molar-refractivity contribution in [3.63, 3.8) is 0 Å². The van der Waals surface area contributed by atoms with Gasteiger partial charge in [-0.2, -0.15) is 5.26 Å². The lowest BCUT2D eigenvalue weighted by atomic mass is 10.1. The van der Waals surface area contributed by atoms with E-state index < -0.39 is 5.97 Å². The van der Waals surface area contributed by atoms with Crippen molar-refractivity contribution in [3.05, 3.63) is 29.8 Å². The molecule has 0 aliphatic heterocycles. The van der Waals surface area contributed by atoms with Gasteiger partial charge in [0.15, 0.2) is 0 Å². The first-order valence-corrected chi connectivity index (χ1v) is 6.58. The number of rotatable bonds is 9. The molecule has 1 aromatic carbocycles. The van der Waals surface area contributed by atoms with E-state index in [2.05, 4.69) is 6.07 Å². The van der Waals surface area contributed by atoms with Gasteiger partial charge in [0.05, 0.1) is 12.2 Å². The highest BCUT2D eigenvalue weighted by Crippen LogP contribution is 2.17. The first-order valence-electron chi connectivity index (χ1n) is 6.58. The maximum absolute atomic E-state index is 10.3. The Morgan fingerprint density at radius 3 is 2.58 bits per heavy atom. The van der Waals surface area contributed by atoms with Crippen LogP contribution in [0.25, 0.3) is 0 Å². The molecule has 1 aromatic rings. The third-order valence-corrected chi connectivity index (χ3v) is 2.80. The summed E-state index contributed by atoms with van der Waals surface area (Å²) in [6.07, 6.45) is 4.91. The van der Waals surface area contributed by atoms with Crippen molar-refractivity contribution in [1.82, 2.24) is 0 Å². The number of unbranched alkanes of at least 4 members (excludes halogenated alkanes) is 4. The number of carbonyl (C=O) groups is 1. The molecule has 19 heavy (non-hydrogen) atoms. The van der Waals surface area contributed by atoms with Crippen LogP contribution in [0.3, 0.4) is 0 Å². The zero-order valence-corrected chi connectivity index (χ0v) is 11.0. The molecule has 0 saturated carbocycles. The Morgan fingerprint density at radius 1 is 1.16 bits per heavy atom. The van der Waals surface area contributed by atoms with E-state index in [1.165, 1.54) is 0 Å². The van der Waals surface area contributed by atoms with E-state index in [1.54, 1.807) is 12.1 Å². The van der Waals surface area contributed by atoms with Crippen LogP contribution in [0.5, 0.6) is 5.75 Å². The normalized spacial score (nSPS) is 9.84.